The fourth-order valence-electron chi connectivity index (χ4n) is 2.67. The van der Waals surface area contributed by atoms with E-state index < -0.39 is 0 Å². The Morgan fingerprint density at radius 1 is 1.21 bits per heavy atom. The first-order valence-corrected chi connectivity index (χ1v) is 8.96. The van der Waals surface area contributed by atoms with Gasteiger partial charge in [-0.15, -0.1) is 11.3 Å². The van der Waals surface area contributed by atoms with Crippen LogP contribution in [0.3, 0.4) is 0 Å². The van der Waals surface area contributed by atoms with Gasteiger partial charge in [-0.2, -0.15) is 0 Å². The normalized spacial score (nSPS) is 10.4. The van der Waals surface area contributed by atoms with Crippen LogP contribution in [0.2, 0.25) is 0 Å². The molecule has 0 saturated heterocycles. The number of thiophene rings is 1. The van der Waals surface area contributed by atoms with Crippen LogP contribution in [-0.4, -0.2) is 18.2 Å². The number of anilines is 2. The standard InChI is InChI=1S/C18H22N2O2S2/c1-6-13-12(4)24-16(14(13)17(21)22-5)20-18(23)19-15-10(2)8-7-9-11(15)3/h7-9H,6H2,1-5H3,(H2,19,20,23). The molecule has 1 heterocycles. The number of hydrogen-bond acceptors (Lipinski definition) is 4. The number of carbonyl (C=O) groups is 1. The van der Waals surface area contributed by atoms with Crippen molar-refractivity contribution < 1.29 is 9.53 Å². The fraction of sp³-hybridized carbons (Fsp3) is 0.333. The quantitative estimate of drug-likeness (QED) is 0.602. The first-order valence-electron chi connectivity index (χ1n) is 7.73. The van der Waals surface area contributed by atoms with Crippen molar-refractivity contribution in [3.8, 4) is 0 Å². The summed E-state index contributed by atoms with van der Waals surface area (Å²) in [5.41, 5.74) is 4.80. The van der Waals surface area contributed by atoms with Crippen molar-refractivity contribution in [3.63, 3.8) is 0 Å². The molecule has 2 rings (SSSR count). The average molecular weight is 363 g/mol. The summed E-state index contributed by atoms with van der Waals surface area (Å²) in [4.78, 5) is 13.2. The Balaban J connectivity index is 2.28. The van der Waals surface area contributed by atoms with Gasteiger partial charge in [0.05, 0.1) is 12.7 Å². The lowest BCUT2D eigenvalue weighted by molar-refractivity contribution is 0.0601. The van der Waals surface area contributed by atoms with Crippen LogP contribution in [0.1, 0.15) is 38.8 Å². The lowest BCUT2D eigenvalue weighted by Gasteiger charge is -2.14. The molecule has 2 N–H and O–H groups in total. The van der Waals surface area contributed by atoms with Crippen LogP contribution in [0, 0.1) is 20.8 Å². The third kappa shape index (κ3) is 3.76. The number of benzene rings is 1. The van der Waals surface area contributed by atoms with Gasteiger partial charge in [0.1, 0.15) is 5.00 Å². The molecule has 0 atom stereocenters. The van der Waals surface area contributed by atoms with Gasteiger partial charge in [-0.05, 0) is 56.1 Å². The van der Waals surface area contributed by atoms with Crippen molar-refractivity contribution in [2.75, 3.05) is 17.7 Å². The molecule has 0 unspecified atom stereocenters. The average Bonchev–Trinajstić information content (AvgIpc) is 2.85. The van der Waals surface area contributed by atoms with Gasteiger partial charge >= 0.3 is 5.97 Å². The molecule has 0 saturated carbocycles. The minimum absolute atomic E-state index is 0.339. The number of ether oxygens (including phenoxy) is 1. The zero-order valence-electron chi connectivity index (χ0n) is 14.6. The largest absolute Gasteiger partial charge is 0.465 e. The highest BCUT2D eigenvalue weighted by Gasteiger charge is 2.22. The third-order valence-corrected chi connectivity index (χ3v) is 5.17. The van der Waals surface area contributed by atoms with E-state index in [9.17, 15) is 4.79 Å². The molecule has 0 amide bonds. The second kappa shape index (κ2) is 7.77. The SMILES string of the molecule is CCc1c(C)sc(NC(=S)Nc2c(C)cccc2C)c1C(=O)OC. The van der Waals surface area contributed by atoms with Crippen LogP contribution in [0.5, 0.6) is 0 Å². The van der Waals surface area contributed by atoms with Crippen molar-refractivity contribution in [2.45, 2.75) is 34.1 Å². The van der Waals surface area contributed by atoms with E-state index in [4.69, 9.17) is 17.0 Å². The Labute approximate surface area is 152 Å². The van der Waals surface area contributed by atoms with Crippen molar-refractivity contribution in [1.82, 2.24) is 0 Å². The Kier molecular flexibility index (Phi) is 5.96. The van der Waals surface area contributed by atoms with Gasteiger partial charge in [-0.25, -0.2) is 4.79 Å². The van der Waals surface area contributed by atoms with Gasteiger partial charge in [-0.1, -0.05) is 25.1 Å². The number of methoxy groups -OCH3 is 1. The molecule has 0 aliphatic heterocycles. The van der Waals surface area contributed by atoms with Crippen molar-refractivity contribution >= 4 is 45.3 Å². The number of carbonyl (C=O) groups excluding carboxylic acids is 1. The van der Waals surface area contributed by atoms with Crippen molar-refractivity contribution in [2.24, 2.45) is 0 Å². The van der Waals surface area contributed by atoms with E-state index in [1.807, 2.05) is 45.9 Å². The van der Waals surface area contributed by atoms with E-state index in [-0.39, 0.29) is 5.97 Å². The number of nitrogens with one attached hydrogen (secondary N) is 2. The lowest BCUT2D eigenvalue weighted by atomic mass is 10.1. The highest BCUT2D eigenvalue weighted by atomic mass is 32.1. The van der Waals surface area contributed by atoms with Crippen LogP contribution in [0.15, 0.2) is 18.2 Å². The Morgan fingerprint density at radius 2 is 1.83 bits per heavy atom. The van der Waals surface area contributed by atoms with E-state index in [1.165, 1.54) is 18.4 Å². The van der Waals surface area contributed by atoms with Gasteiger partial charge in [0.15, 0.2) is 5.11 Å². The summed E-state index contributed by atoms with van der Waals surface area (Å²) in [7, 11) is 1.39. The number of aryl methyl sites for hydroxylation is 3. The molecule has 0 radical (unpaired) electrons. The Bertz CT molecular complexity index is 761. The minimum Gasteiger partial charge on any atom is -0.465 e. The van der Waals surface area contributed by atoms with Crippen LogP contribution in [0.4, 0.5) is 10.7 Å². The molecule has 1 aromatic carbocycles. The summed E-state index contributed by atoms with van der Waals surface area (Å²) in [6, 6.07) is 6.07. The number of esters is 1. The van der Waals surface area contributed by atoms with Crippen LogP contribution in [0.25, 0.3) is 0 Å². The molecule has 6 heteroatoms. The second-order valence-corrected chi connectivity index (χ2v) is 7.16. The molecule has 1 aromatic heterocycles. The minimum atomic E-state index is -0.339. The molecule has 2 aromatic rings. The zero-order valence-corrected chi connectivity index (χ0v) is 16.2. The van der Waals surface area contributed by atoms with E-state index in [0.29, 0.717) is 10.7 Å². The summed E-state index contributed by atoms with van der Waals surface area (Å²) >= 11 is 6.96. The Hall–Kier alpha value is -1.92. The van der Waals surface area contributed by atoms with E-state index in [2.05, 4.69) is 10.6 Å². The number of rotatable bonds is 4. The fourth-order valence-corrected chi connectivity index (χ4v) is 4.08. The van der Waals surface area contributed by atoms with Crippen molar-refractivity contribution in [1.29, 1.82) is 0 Å². The highest BCUT2D eigenvalue weighted by Crippen LogP contribution is 2.34. The van der Waals surface area contributed by atoms with Gasteiger partial charge < -0.3 is 15.4 Å². The molecule has 128 valence electrons. The predicted molar refractivity (Wildman–Crippen MR) is 106 cm³/mol. The maximum Gasteiger partial charge on any atom is 0.341 e. The maximum atomic E-state index is 12.2. The topological polar surface area (TPSA) is 50.4 Å². The van der Waals surface area contributed by atoms with Crippen LogP contribution < -0.4 is 10.6 Å². The summed E-state index contributed by atoms with van der Waals surface area (Å²) < 4.78 is 4.93. The first kappa shape index (κ1) is 18.4. The van der Waals surface area contributed by atoms with Gasteiger partial charge in [0, 0.05) is 10.6 Å². The third-order valence-electron chi connectivity index (χ3n) is 3.90. The number of thiocarbonyl (C=S) groups is 1. The maximum absolute atomic E-state index is 12.2. The molecule has 0 aliphatic rings. The zero-order chi connectivity index (χ0) is 17.9. The van der Waals surface area contributed by atoms with Gasteiger partial charge in [0.2, 0.25) is 0 Å². The molecule has 0 spiro atoms. The molecule has 4 nitrogen and oxygen atoms in total. The summed E-state index contributed by atoms with van der Waals surface area (Å²) in [5.74, 6) is -0.339. The van der Waals surface area contributed by atoms with Gasteiger partial charge in [-0.3, -0.25) is 0 Å². The molecule has 0 fully saturated rings. The highest BCUT2D eigenvalue weighted by molar-refractivity contribution is 7.80. The summed E-state index contributed by atoms with van der Waals surface area (Å²) in [6.45, 7) is 8.09. The Morgan fingerprint density at radius 3 is 2.38 bits per heavy atom. The summed E-state index contributed by atoms with van der Waals surface area (Å²) in [6.07, 6.45) is 0.769. The smallest absolute Gasteiger partial charge is 0.341 e. The molecular weight excluding hydrogens is 340 g/mol. The van der Waals surface area contributed by atoms with Crippen LogP contribution >= 0.6 is 23.6 Å². The van der Waals surface area contributed by atoms with Gasteiger partial charge in [0.25, 0.3) is 0 Å². The first-order chi connectivity index (χ1) is 11.4. The molecule has 0 bridgehead atoms. The van der Waals surface area contributed by atoms with E-state index in [0.717, 1.165) is 38.7 Å². The molecular formula is C18H22N2O2S2. The van der Waals surface area contributed by atoms with E-state index >= 15 is 0 Å². The summed E-state index contributed by atoms with van der Waals surface area (Å²) in [5, 5.41) is 7.58. The van der Waals surface area contributed by atoms with Crippen LogP contribution in [-0.2, 0) is 11.2 Å². The predicted octanol–water partition coefficient (Wildman–Crippen LogP) is 4.83. The number of hydrogen-bond donors (Lipinski definition) is 2. The number of para-hydroxylation sites is 1. The van der Waals surface area contributed by atoms with Crippen molar-refractivity contribution in [3.05, 3.63) is 45.3 Å². The monoisotopic (exact) mass is 362 g/mol. The van der Waals surface area contributed by atoms with E-state index in [1.54, 1.807) is 0 Å². The lowest BCUT2D eigenvalue weighted by Crippen LogP contribution is -2.21. The second-order valence-electron chi connectivity index (χ2n) is 5.53. The molecule has 24 heavy (non-hydrogen) atoms. The molecule has 0 aliphatic carbocycles.